The van der Waals surface area contributed by atoms with Gasteiger partial charge in [0.05, 0.1) is 5.69 Å². The summed E-state index contributed by atoms with van der Waals surface area (Å²) >= 11 is 4.26. The Balaban J connectivity index is 2.37. The summed E-state index contributed by atoms with van der Waals surface area (Å²) in [4.78, 5) is 8.09. The minimum atomic E-state index is 0.362. The molecule has 0 aromatic carbocycles. The van der Waals surface area contributed by atoms with Crippen molar-refractivity contribution >= 4 is 18.8 Å². The van der Waals surface area contributed by atoms with E-state index in [9.17, 15) is 0 Å². The van der Waals surface area contributed by atoms with Gasteiger partial charge in [-0.1, -0.05) is 12.8 Å². The Bertz CT molecular complexity index is 301. The molecule has 12 heavy (non-hydrogen) atoms. The molecule has 0 bridgehead atoms. The van der Waals surface area contributed by atoms with Crippen LogP contribution in [-0.2, 0) is 13.0 Å². The molecule has 1 aliphatic rings. The highest BCUT2D eigenvalue weighted by Crippen LogP contribution is 2.17. The topological polar surface area (TPSA) is 55.0 Å². The van der Waals surface area contributed by atoms with Crippen LogP contribution in [0, 0.1) is 0 Å². The Morgan fingerprint density at radius 3 is 3.25 bits per heavy atom. The maximum Gasteiger partial charge on any atom is 0.220 e. The molecule has 0 unspecified atom stereocenters. The van der Waals surface area contributed by atoms with Crippen LogP contribution in [0.25, 0.3) is 0 Å². The molecule has 64 valence electrons. The summed E-state index contributed by atoms with van der Waals surface area (Å²) in [7, 11) is 0. The summed E-state index contributed by atoms with van der Waals surface area (Å²) in [6.07, 6.45) is 2.69. The van der Waals surface area contributed by atoms with E-state index >= 15 is 0 Å². The number of nitrogen functional groups attached to an aromatic ring is 1. The van der Waals surface area contributed by atoms with Gasteiger partial charge in [-0.05, 0) is 0 Å². The molecular weight excluding hydrogens is 172 g/mol. The smallest absolute Gasteiger partial charge is 0.220 e. The van der Waals surface area contributed by atoms with Gasteiger partial charge in [0.1, 0.15) is 0 Å². The lowest BCUT2D eigenvalue weighted by atomic mass is 10.1. The van der Waals surface area contributed by atoms with Crippen LogP contribution in [0.1, 0.15) is 11.3 Å². The molecule has 2 N–H and O–H groups in total. The molecule has 4 nitrogen and oxygen atoms in total. The first-order chi connectivity index (χ1) is 5.75. The van der Waals surface area contributed by atoms with Crippen LogP contribution >= 0.6 is 12.8 Å². The fraction of sp³-hybridized carbons (Fsp3) is 0.429. The van der Waals surface area contributed by atoms with Gasteiger partial charge in [0.25, 0.3) is 0 Å². The van der Waals surface area contributed by atoms with Crippen molar-refractivity contribution in [3.8, 4) is 0 Å². The number of fused-ring (bicyclic) bond motifs is 1. The standard InChI is InChI=1S/C7H10N4S/c8-7-9-3-5-4-11(12)2-1-6(5)10-7/h3,12H,1-2,4H2,(H2,8,9,10). The van der Waals surface area contributed by atoms with Gasteiger partial charge < -0.3 is 5.73 Å². The van der Waals surface area contributed by atoms with Crippen LogP contribution in [0.15, 0.2) is 6.20 Å². The number of aromatic nitrogens is 2. The molecule has 0 spiro atoms. The van der Waals surface area contributed by atoms with E-state index < -0.39 is 0 Å². The number of hydrogen-bond acceptors (Lipinski definition) is 5. The van der Waals surface area contributed by atoms with Gasteiger partial charge in [-0.25, -0.2) is 14.3 Å². The van der Waals surface area contributed by atoms with Gasteiger partial charge in [0, 0.05) is 31.3 Å². The van der Waals surface area contributed by atoms with Gasteiger partial charge in [-0.15, -0.1) is 0 Å². The molecule has 1 aliphatic heterocycles. The summed E-state index contributed by atoms with van der Waals surface area (Å²) in [6, 6.07) is 0. The molecule has 1 aromatic rings. The molecule has 2 rings (SSSR count). The predicted molar refractivity (Wildman–Crippen MR) is 49.5 cm³/mol. The summed E-state index contributed by atoms with van der Waals surface area (Å²) in [6.45, 7) is 1.73. The van der Waals surface area contributed by atoms with Crippen molar-refractivity contribution in [3.05, 3.63) is 17.5 Å². The molecule has 0 fully saturated rings. The van der Waals surface area contributed by atoms with E-state index in [0.717, 1.165) is 30.8 Å². The monoisotopic (exact) mass is 182 g/mol. The van der Waals surface area contributed by atoms with Crippen LogP contribution in [0.3, 0.4) is 0 Å². The van der Waals surface area contributed by atoms with Crippen LogP contribution in [0.4, 0.5) is 5.95 Å². The molecule has 0 saturated carbocycles. The molecule has 0 saturated heterocycles. The molecule has 0 radical (unpaired) electrons. The first-order valence-corrected chi connectivity index (χ1v) is 4.20. The van der Waals surface area contributed by atoms with Crippen LogP contribution in [0.5, 0.6) is 0 Å². The molecular formula is C7H10N4S. The second kappa shape index (κ2) is 2.91. The third-order valence-corrected chi connectivity index (χ3v) is 2.27. The Kier molecular flexibility index (Phi) is 1.90. The van der Waals surface area contributed by atoms with Crippen LogP contribution in [-0.4, -0.2) is 20.8 Å². The number of thiol groups is 1. The maximum atomic E-state index is 5.46. The molecule has 2 heterocycles. The first kappa shape index (κ1) is 7.82. The molecule has 0 aliphatic carbocycles. The molecule has 0 amide bonds. The Hall–Kier alpha value is -0.810. The van der Waals surface area contributed by atoms with Crippen molar-refractivity contribution in [1.82, 2.24) is 14.3 Å². The van der Waals surface area contributed by atoms with Crippen molar-refractivity contribution in [1.29, 1.82) is 0 Å². The minimum Gasteiger partial charge on any atom is -0.368 e. The zero-order valence-corrected chi connectivity index (χ0v) is 7.46. The van der Waals surface area contributed by atoms with Crippen molar-refractivity contribution in [2.75, 3.05) is 12.3 Å². The van der Waals surface area contributed by atoms with Crippen molar-refractivity contribution in [2.24, 2.45) is 0 Å². The zero-order chi connectivity index (χ0) is 8.55. The number of anilines is 1. The summed E-state index contributed by atoms with van der Waals surface area (Å²) < 4.78 is 1.95. The third-order valence-electron chi connectivity index (χ3n) is 1.93. The molecule has 5 heteroatoms. The number of nitrogens with zero attached hydrogens (tertiary/aromatic N) is 3. The second-order valence-corrected chi connectivity index (χ2v) is 3.40. The lowest BCUT2D eigenvalue weighted by Gasteiger charge is -2.22. The summed E-state index contributed by atoms with van der Waals surface area (Å²) in [5.74, 6) is 0.362. The van der Waals surface area contributed by atoms with Gasteiger partial charge in [0.2, 0.25) is 5.95 Å². The van der Waals surface area contributed by atoms with Gasteiger partial charge >= 0.3 is 0 Å². The van der Waals surface area contributed by atoms with E-state index in [1.807, 2.05) is 4.31 Å². The summed E-state index contributed by atoms with van der Waals surface area (Å²) in [5, 5.41) is 0. The largest absolute Gasteiger partial charge is 0.368 e. The van der Waals surface area contributed by atoms with Crippen LogP contribution in [0.2, 0.25) is 0 Å². The Labute approximate surface area is 76.3 Å². The number of nitrogens with two attached hydrogens (primary N) is 1. The first-order valence-electron chi connectivity index (χ1n) is 3.80. The van der Waals surface area contributed by atoms with E-state index in [-0.39, 0.29) is 0 Å². The normalized spacial score (nSPS) is 17.4. The lowest BCUT2D eigenvalue weighted by molar-refractivity contribution is 0.443. The highest BCUT2D eigenvalue weighted by molar-refractivity contribution is 7.77. The maximum absolute atomic E-state index is 5.46. The average molecular weight is 182 g/mol. The zero-order valence-electron chi connectivity index (χ0n) is 6.56. The molecule has 0 atom stereocenters. The van der Waals surface area contributed by atoms with Gasteiger partial charge in [0.15, 0.2) is 0 Å². The Morgan fingerprint density at radius 1 is 1.58 bits per heavy atom. The van der Waals surface area contributed by atoms with Gasteiger partial charge in [-0.3, -0.25) is 0 Å². The fourth-order valence-electron chi connectivity index (χ4n) is 1.32. The third kappa shape index (κ3) is 1.37. The quantitative estimate of drug-likeness (QED) is 0.565. The number of rotatable bonds is 0. The van der Waals surface area contributed by atoms with Crippen LogP contribution < -0.4 is 5.73 Å². The van der Waals surface area contributed by atoms with Crippen molar-refractivity contribution in [3.63, 3.8) is 0 Å². The Morgan fingerprint density at radius 2 is 2.42 bits per heavy atom. The van der Waals surface area contributed by atoms with E-state index in [1.165, 1.54) is 0 Å². The van der Waals surface area contributed by atoms with Crippen molar-refractivity contribution < 1.29 is 0 Å². The SMILES string of the molecule is Nc1ncc2c(n1)CCN(S)C2. The highest BCUT2D eigenvalue weighted by atomic mass is 32.1. The van der Waals surface area contributed by atoms with E-state index in [0.29, 0.717) is 5.95 Å². The van der Waals surface area contributed by atoms with E-state index in [2.05, 4.69) is 22.8 Å². The average Bonchev–Trinajstić information content (AvgIpc) is 2.05. The number of hydrogen-bond donors (Lipinski definition) is 2. The second-order valence-electron chi connectivity index (χ2n) is 2.84. The highest BCUT2D eigenvalue weighted by Gasteiger charge is 2.14. The summed E-state index contributed by atoms with van der Waals surface area (Å²) in [5.41, 5.74) is 7.65. The minimum absolute atomic E-state index is 0.362. The lowest BCUT2D eigenvalue weighted by Crippen LogP contribution is -2.23. The van der Waals surface area contributed by atoms with E-state index in [4.69, 9.17) is 5.73 Å². The predicted octanol–water partition coefficient (Wildman–Crippen LogP) is 0.262. The van der Waals surface area contributed by atoms with Crippen molar-refractivity contribution in [2.45, 2.75) is 13.0 Å². The fourth-order valence-corrected chi connectivity index (χ4v) is 1.57. The van der Waals surface area contributed by atoms with E-state index in [1.54, 1.807) is 6.20 Å². The molecule has 1 aromatic heterocycles. The van der Waals surface area contributed by atoms with Gasteiger partial charge in [-0.2, -0.15) is 0 Å².